The molecular weight excluding hydrogens is 228 g/mol. The summed E-state index contributed by atoms with van der Waals surface area (Å²) < 4.78 is 0. The van der Waals surface area contributed by atoms with Crippen LogP contribution in [0.5, 0.6) is 0 Å². The number of nitrogens with one attached hydrogen (secondary N) is 3. The van der Waals surface area contributed by atoms with Gasteiger partial charge in [0.25, 0.3) is 0 Å². The lowest BCUT2D eigenvalue weighted by atomic mass is 9.93. The third kappa shape index (κ3) is 1.90. The highest BCUT2D eigenvalue weighted by molar-refractivity contribution is 5.93. The number of aryl methyl sites for hydroxylation is 1. The fourth-order valence-corrected chi connectivity index (χ4v) is 2.60. The molecule has 0 aliphatic carbocycles. The van der Waals surface area contributed by atoms with Crippen LogP contribution in [0.15, 0.2) is 18.2 Å². The molecule has 0 aromatic heterocycles. The number of amides is 1. The Morgan fingerprint density at radius 3 is 2.83 bits per heavy atom. The van der Waals surface area contributed by atoms with Gasteiger partial charge in [-0.25, -0.2) is 5.43 Å². The van der Waals surface area contributed by atoms with Crippen molar-refractivity contribution in [1.29, 1.82) is 0 Å². The summed E-state index contributed by atoms with van der Waals surface area (Å²) in [5.74, 6) is 0.0984. The SMILES string of the molecule is CC1NNC(c2ccc3c(c2)CCC(=O)N3)C1N. The van der Waals surface area contributed by atoms with Crippen LogP contribution in [0.25, 0.3) is 0 Å². The molecule has 1 fully saturated rings. The highest BCUT2D eigenvalue weighted by Crippen LogP contribution is 2.28. The lowest BCUT2D eigenvalue weighted by molar-refractivity contribution is -0.116. The Morgan fingerprint density at radius 2 is 2.11 bits per heavy atom. The van der Waals surface area contributed by atoms with E-state index in [9.17, 15) is 4.79 Å². The molecule has 0 radical (unpaired) electrons. The Kier molecular flexibility index (Phi) is 2.81. The number of fused-ring (bicyclic) bond motifs is 1. The molecule has 0 saturated carbocycles. The lowest BCUT2D eigenvalue weighted by Crippen LogP contribution is -2.35. The molecule has 2 aliphatic heterocycles. The largest absolute Gasteiger partial charge is 0.326 e. The molecule has 5 heteroatoms. The van der Waals surface area contributed by atoms with Crippen LogP contribution in [-0.2, 0) is 11.2 Å². The second-order valence-corrected chi connectivity index (χ2v) is 5.10. The Bertz CT molecular complexity index is 488. The van der Waals surface area contributed by atoms with E-state index in [1.807, 2.05) is 12.1 Å². The first kappa shape index (κ1) is 11.6. The number of anilines is 1. The second-order valence-electron chi connectivity index (χ2n) is 5.10. The van der Waals surface area contributed by atoms with Crippen LogP contribution in [0.3, 0.4) is 0 Å². The fourth-order valence-electron chi connectivity index (χ4n) is 2.60. The molecule has 2 aliphatic rings. The average Bonchev–Trinajstić information content (AvgIpc) is 2.69. The monoisotopic (exact) mass is 246 g/mol. The smallest absolute Gasteiger partial charge is 0.224 e. The topological polar surface area (TPSA) is 79.2 Å². The van der Waals surface area contributed by atoms with Crippen molar-refractivity contribution in [3.05, 3.63) is 29.3 Å². The van der Waals surface area contributed by atoms with Crippen molar-refractivity contribution in [3.8, 4) is 0 Å². The molecule has 0 bridgehead atoms. The molecule has 1 aromatic rings. The summed E-state index contributed by atoms with van der Waals surface area (Å²) in [4.78, 5) is 11.3. The highest BCUT2D eigenvalue weighted by Gasteiger charge is 2.31. The van der Waals surface area contributed by atoms with Crippen LogP contribution in [0.2, 0.25) is 0 Å². The predicted molar refractivity (Wildman–Crippen MR) is 69.8 cm³/mol. The van der Waals surface area contributed by atoms with Gasteiger partial charge in [-0.3, -0.25) is 10.2 Å². The third-order valence-corrected chi connectivity index (χ3v) is 3.81. The quantitative estimate of drug-likeness (QED) is 0.579. The summed E-state index contributed by atoms with van der Waals surface area (Å²) in [6.45, 7) is 2.07. The average molecular weight is 246 g/mol. The van der Waals surface area contributed by atoms with Crippen LogP contribution < -0.4 is 21.9 Å². The van der Waals surface area contributed by atoms with E-state index in [-0.39, 0.29) is 24.0 Å². The molecular formula is C13H18N4O. The standard InChI is InChI=1S/C13H18N4O/c1-7-12(14)13(17-16-7)9-2-4-10-8(6-9)3-5-11(18)15-10/h2,4,6-7,12-13,16-17H,3,5,14H2,1H3,(H,15,18). The van der Waals surface area contributed by atoms with Crippen LogP contribution in [0.1, 0.15) is 30.5 Å². The van der Waals surface area contributed by atoms with Gasteiger partial charge in [-0.1, -0.05) is 12.1 Å². The van der Waals surface area contributed by atoms with E-state index < -0.39 is 0 Å². The Hall–Kier alpha value is -1.43. The van der Waals surface area contributed by atoms with Gasteiger partial charge < -0.3 is 11.1 Å². The normalized spacial score (nSPS) is 31.0. The van der Waals surface area contributed by atoms with Gasteiger partial charge in [-0.05, 0) is 30.5 Å². The maximum Gasteiger partial charge on any atom is 0.224 e. The molecule has 3 atom stereocenters. The minimum absolute atomic E-state index is 0.0567. The summed E-state index contributed by atoms with van der Waals surface area (Å²) in [5, 5.41) is 2.89. The van der Waals surface area contributed by atoms with Crippen LogP contribution in [0, 0.1) is 0 Å². The van der Waals surface area contributed by atoms with Gasteiger partial charge in [0.15, 0.2) is 0 Å². The van der Waals surface area contributed by atoms with Crippen molar-refractivity contribution in [3.63, 3.8) is 0 Å². The Balaban J connectivity index is 1.89. The first-order valence-corrected chi connectivity index (χ1v) is 6.34. The van der Waals surface area contributed by atoms with E-state index in [1.54, 1.807) is 0 Å². The zero-order valence-corrected chi connectivity index (χ0v) is 10.4. The molecule has 5 nitrogen and oxygen atoms in total. The summed E-state index contributed by atoms with van der Waals surface area (Å²) in [6.07, 6.45) is 1.37. The number of nitrogens with two attached hydrogens (primary N) is 1. The first-order valence-electron chi connectivity index (χ1n) is 6.34. The minimum Gasteiger partial charge on any atom is -0.326 e. The number of carbonyl (C=O) groups is 1. The zero-order valence-electron chi connectivity index (χ0n) is 10.4. The highest BCUT2D eigenvalue weighted by atomic mass is 16.1. The third-order valence-electron chi connectivity index (χ3n) is 3.81. The first-order chi connectivity index (χ1) is 8.65. The van der Waals surface area contributed by atoms with Crippen molar-refractivity contribution in [2.75, 3.05) is 5.32 Å². The maximum absolute atomic E-state index is 11.3. The van der Waals surface area contributed by atoms with Crippen LogP contribution in [-0.4, -0.2) is 18.0 Å². The molecule has 96 valence electrons. The van der Waals surface area contributed by atoms with Crippen molar-refractivity contribution >= 4 is 11.6 Å². The molecule has 3 rings (SSSR count). The van der Waals surface area contributed by atoms with Gasteiger partial charge in [0.1, 0.15) is 0 Å². The van der Waals surface area contributed by atoms with Crippen LogP contribution in [0.4, 0.5) is 5.69 Å². The van der Waals surface area contributed by atoms with Crippen molar-refractivity contribution in [2.45, 2.75) is 37.9 Å². The van der Waals surface area contributed by atoms with Crippen molar-refractivity contribution in [1.82, 2.24) is 10.9 Å². The summed E-state index contributed by atoms with van der Waals surface area (Å²) >= 11 is 0. The molecule has 1 amide bonds. The fraction of sp³-hybridized carbons (Fsp3) is 0.462. The van der Waals surface area contributed by atoms with E-state index >= 15 is 0 Å². The second kappa shape index (κ2) is 4.35. The summed E-state index contributed by atoms with van der Waals surface area (Å²) in [6, 6.07) is 6.59. The van der Waals surface area contributed by atoms with Gasteiger partial charge in [-0.2, -0.15) is 0 Å². The molecule has 3 unspecified atom stereocenters. The van der Waals surface area contributed by atoms with Crippen LogP contribution >= 0.6 is 0 Å². The van der Waals surface area contributed by atoms with Gasteiger partial charge in [0, 0.05) is 24.2 Å². The Morgan fingerprint density at radius 1 is 1.28 bits per heavy atom. The van der Waals surface area contributed by atoms with E-state index in [1.165, 1.54) is 11.1 Å². The van der Waals surface area contributed by atoms with E-state index in [0.717, 1.165) is 12.1 Å². The van der Waals surface area contributed by atoms with E-state index in [2.05, 4.69) is 29.2 Å². The van der Waals surface area contributed by atoms with Crippen molar-refractivity contribution in [2.24, 2.45) is 5.73 Å². The minimum atomic E-state index is 0.0567. The number of hydrogen-bond donors (Lipinski definition) is 4. The molecule has 5 N–H and O–H groups in total. The van der Waals surface area contributed by atoms with Gasteiger partial charge in [0.2, 0.25) is 5.91 Å². The molecule has 18 heavy (non-hydrogen) atoms. The predicted octanol–water partition coefficient (Wildman–Crippen LogP) is 0.436. The summed E-state index contributed by atoms with van der Waals surface area (Å²) in [7, 11) is 0. The number of hydrazine groups is 1. The maximum atomic E-state index is 11.3. The number of hydrogen-bond acceptors (Lipinski definition) is 4. The van der Waals surface area contributed by atoms with Gasteiger partial charge in [-0.15, -0.1) is 0 Å². The van der Waals surface area contributed by atoms with Gasteiger partial charge >= 0.3 is 0 Å². The molecule has 1 aromatic carbocycles. The lowest BCUT2D eigenvalue weighted by Gasteiger charge is -2.21. The molecule has 2 heterocycles. The number of benzene rings is 1. The number of carbonyl (C=O) groups excluding carboxylic acids is 1. The van der Waals surface area contributed by atoms with E-state index in [0.29, 0.717) is 6.42 Å². The van der Waals surface area contributed by atoms with Gasteiger partial charge in [0.05, 0.1) is 6.04 Å². The van der Waals surface area contributed by atoms with Crippen molar-refractivity contribution < 1.29 is 4.79 Å². The summed E-state index contributed by atoms with van der Waals surface area (Å²) in [5.41, 5.74) is 15.8. The molecule has 0 spiro atoms. The Labute approximate surface area is 106 Å². The zero-order chi connectivity index (χ0) is 12.7. The van der Waals surface area contributed by atoms with E-state index in [4.69, 9.17) is 5.73 Å². The molecule has 1 saturated heterocycles. The number of rotatable bonds is 1.